The van der Waals surface area contributed by atoms with Crippen molar-refractivity contribution >= 4 is 21.9 Å². The second-order valence-corrected chi connectivity index (χ2v) is 2.78. The number of rotatable bonds is 1. The summed E-state index contributed by atoms with van der Waals surface area (Å²) in [6, 6.07) is 0. The molecule has 0 aromatic carbocycles. The molecule has 0 aliphatic carbocycles. The van der Waals surface area contributed by atoms with E-state index in [0.717, 1.165) is 0 Å². The zero-order valence-corrected chi connectivity index (χ0v) is 4.81. The Bertz CT molecular complexity index is 23.6. The van der Waals surface area contributed by atoms with E-state index in [1.807, 2.05) is 0 Å². The average molecular weight is 110 g/mol. The van der Waals surface area contributed by atoms with Crippen molar-refractivity contribution in [3.8, 4) is 0 Å². The van der Waals surface area contributed by atoms with Gasteiger partial charge in [-0.05, 0) is 0 Å². The second kappa shape index (κ2) is 2.95. The van der Waals surface area contributed by atoms with E-state index in [4.69, 9.17) is 5.11 Å². The van der Waals surface area contributed by atoms with Gasteiger partial charge in [-0.2, -0.15) is 12.6 Å². The number of hydrogen-bond donors (Lipinski definition) is 2. The molecule has 5 heavy (non-hydrogen) atoms. The lowest BCUT2D eigenvalue weighted by Crippen LogP contribution is -1.89. The molecular weight excluding hydrogens is 103 g/mol. The van der Waals surface area contributed by atoms with Gasteiger partial charge in [0.15, 0.2) is 0 Å². The van der Waals surface area contributed by atoms with Gasteiger partial charge in [0, 0.05) is 4.99 Å². The Morgan fingerprint density at radius 2 is 2.20 bits per heavy atom. The standard InChI is InChI=1S/C2H7OPS/c3-1-2(4)5/h2-3,5H,1,4H2. The summed E-state index contributed by atoms with van der Waals surface area (Å²) < 4.78 is 0. The molecule has 3 heteroatoms. The molecule has 0 rings (SSSR count). The normalized spacial score (nSPS) is 15.0. The molecule has 0 aromatic heterocycles. The molecule has 1 N–H and O–H groups in total. The third-order valence-corrected chi connectivity index (χ3v) is 0.561. The van der Waals surface area contributed by atoms with E-state index in [0.29, 0.717) is 0 Å². The van der Waals surface area contributed by atoms with Crippen molar-refractivity contribution in [3.05, 3.63) is 0 Å². The van der Waals surface area contributed by atoms with Crippen LogP contribution in [0.3, 0.4) is 0 Å². The van der Waals surface area contributed by atoms with Crippen LogP contribution < -0.4 is 0 Å². The molecule has 0 amide bonds. The Labute approximate surface area is 39.4 Å². The fourth-order valence-electron chi connectivity index (χ4n) is 0. The minimum Gasteiger partial charge on any atom is -0.395 e. The first kappa shape index (κ1) is 5.74. The van der Waals surface area contributed by atoms with E-state index < -0.39 is 0 Å². The van der Waals surface area contributed by atoms with Crippen LogP contribution in [-0.4, -0.2) is 16.7 Å². The molecule has 0 aromatic rings. The summed E-state index contributed by atoms with van der Waals surface area (Å²) in [6.07, 6.45) is 0. The Balaban J connectivity index is 2.54. The van der Waals surface area contributed by atoms with Crippen LogP contribution in [-0.2, 0) is 0 Å². The van der Waals surface area contributed by atoms with E-state index in [2.05, 4.69) is 21.9 Å². The first-order chi connectivity index (χ1) is 2.27. The van der Waals surface area contributed by atoms with Crippen LogP contribution in [0.2, 0.25) is 0 Å². The van der Waals surface area contributed by atoms with Crippen molar-refractivity contribution in [2.75, 3.05) is 6.61 Å². The summed E-state index contributed by atoms with van der Waals surface area (Å²) in [6.45, 7) is 0.133. The Kier molecular flexibility index (Phi) is 3.39. The van der Waals surface area contributed by atoms with E-state index in [1.165, 1.54) is 0 Å². The number of hydrogen-bond acceptors (Lipinski definition) is 2. The van der Waals surface area contributed by atoms with Crippen LogP contribution in [0.4, 0.5) is 0 Å². The lowest BCUT2D eigenvalue weighted by molar-refractivity contribution is 0.316. The highest BCUT2D eigenvalue weighted by molar-refractivity contribution is 7.85. The van der Waals surface area contributed by atoms with Crippen molar-refractivity contribution in [3.63, 3.8) is 0 Å². The molecule has 0 heterocycles. The van der Waals surface area contributed by atoms with Crippen molar-refractivity contribution in [2.45, 2.75) is 4.99 Å². The summed E-state index contributed by atoms with van der Waals surface area (Å²) in [4.78, 5) is 0.0509. The molecule has 2 atom stereocenters. The van der Waals surface area contributed by atoms with Gasteiger partial charge in [-0.15, -0.1) is 9.24 Å². The van der Waals surface area contributed by atoms with E-state index >= 15 is 0 Å². The summed E-state index contributed by atoms with van der Waals surface area (Å²) in [5.74, 6) is 0. The molecule has 32 valence electrons. The molecule has 0 bridgehead atoms. The van der Waals surface area contributed by atoms with Gasteiger partial charge in [0.25, 0.3) is 0 Å². The highest BCUT2D eigenvalue weighted by Gasteiger charge is 1.82. The number of thiol groups is 1. The fraction of sp³-hybridized carbons (Fsp3) is 1.00. The molecule has 0 spiro atoms. The van der Waals surface area contributed by atoms with Crippen molar-refractivity contribution < 1.29 is 5.11 Å². The maximum atomic E-state index is 8.05. The predicted octanol–water partition coefficient (Wildman–Crippen LogP) is 0.110. The van der Waals surface area contributed by atoms with Gasteiger partial charge >= 0.3 is 0 Å². The number of aliphatic hydroxyl groups excluding tert-OH is 1. The SMILES string of the molecule is OCC(P)S. The fourth-order valence-corrected chi connectivity index (χ4v) is 0. The molecule has 0 fully saturated rings. The Morgan fingerprint density at radius 1 is 2.00 bits per heavy atom. The van der Waals surface area contributed by atoms with Gasteiger partial charge in [0.2, 0.25) is 0 Å². The van der Waals surface area contributed by atoms with Crippen LogP contribution in [0.1, 0.15) is 0 Å². The van der Waals surface area contributed by atoms with Gasteiger partial charge in [-0.1, -0.05) is 0 Å². The van der Waals surface area contributed by atoms with E-state index in [1.54, 1.807) is 0 Å². The Hall–Kier alpha value is 0.740. The summed E-state index contributed by atoms with van der Waals surface area (Å²) in [5, 5.41) is 8.05. The molecule has 1 nitrogen and oxygen atoms in total. The van der Waals surface area contributed by atoms with Crippen molar-refractivity contribution in [2.24, 2.45) is 0 Å². The molecule has 2 unspecified atom stereocenters. The first-order valence-electron chi connectivity index (χ1n) is 1.32. The van der Waals surface area contributed by atoms with Crippen LogP contribution in [0.15, 0.2) is 0 Å². The zero-order valence-electron chi connectivity index (χ0n) is 2.76. The maximum absolute atomic E-state index is 8.05. The molecule has 0 saturated carbocycles. The highest BCUT2D eigenvalue weighted by Crippen LogP contribution is 1.99. The smallest absolute Gasteiger partial charge is 0.0581 e. The summed E-state index contributed by atoms with van der Waals surface area (Å²) in [7, 11) is 2.35. The molecule has 0 radical (unpaired) electrons. The maximum Gasteiger partial charge on any atom is 0.0581 e. The third-order valence-electron chi connectivity index (χ3n) is 0.187. The molecule has 0 saturated heterocycles. The lowest BCUT2D eigenvalue weighted by atomic mass is 10.9. The van der Waals surface area contributed by atoms with Crippen molar-refractivity contribution in [1.29, 1.82) is 0 Å². The third kappa shape index (κ3) is 4.74. The van der Waals surface area contributed by atoms with Gasteiger partial charge in [0.05, 0.1) is 6.61 Å². The van der Waals surface area contributed by atoms with Gasteiger partial charge < -0.3 is 5.11 Å². The Morgan fingerprint density at radius 3 is 2.20 bits per heavy atom. The predicted molar refractivity (Wildman–Crippen MR) is 29.6 cm³/mol. The van der Waals surface area contributed by atoms with Gasteiger partial charge in [0.1, 0.15) is 0 Å². The largest absolute Gasteiger partial charge is 0.395 e. The summed E-state index contributed by atoms with van der Waals surface area (Å²) >= 11 is 3.81. The summed E-state index contributed by atoms with van der Waals surface area (Å²) in [5.41, 5.74) is 0. The van der Waals surface area contributed by atoms with Gasteiger partial charge in [-0.25, -0.2) is 0 Å². The van der Waals surface area contributed by atoms with Crippen LogP contribution in [0.5, 0.6) is 0 Å². The van der Waals surface area contributed by atoms with Crippen LogP contribution >= 0.6 is 21.9 Å². The average Bonchev–Trinajstić information content (AvgIpc) is 1.38. The molecule has 0 aliphatic rings. The minimum absolute atomic E-state index is 0.0509. The first-order valence-corrected chi connectivity index (χ1v) is 2.50. The second-order valence-electron chi connectivity index (χ2n) is 0.750. The van der Waals surface area contributed by atoms with E-state index in [9.17, 15) is 0 Å². The van der Waals surface area contributed by atoms with Crippen molar-refractivity contribution in [1.82, 2.24) is 0 Å². The minimum atomic E-state index is 0.0509. The molecular formula is C2H7OPS. The van der Waals surface area contributed by atoms with E-state index in [-0.39, 0.29) is 11.6 Å². The van der Waals surface area contributed by atoms with Crippen LogP contribution in [0, 0.1) is 0 Å². The zero-order chi connectivity index (χ0) is 4.28. The van der Waals surface area contributed by atoms with Crippen LogP contribution in [0.25, 0.3) is 0 Å². The monoisotopic (exact) mass is 110 g/mol. The molecule has 0 aliphatic heterocycles. The van der Waals surface area contributed by atoms with Gasteiger partial charge in [-0.3, -0.25) is 0 Å². The lowest BCUT2D eigenvalue weighted by Gasteiger charge is -1.89. The topological polar surface area (TPSA) is 20.2 Å². The quantitative estimate of drug-likeness (QED) is 0.362. The highest BCUT2D eigenvalue weighted by atomic mass is 32.1. The number of aliphatic hydroxyl groups is 1.